The van der Waals surface area contributed by atoms with Crippen LogP contribution in [0.3, 0.4) is 0 Å². The third kappa shape index (κ3) is 2.60. The average Bonchev–Trinajstić information content (AvgIpc) is 2.47. The molecule has 5 heteroatoms. The third-order valence-corrected chi connectivity index (χ3v) is 3.57. The van der Waals surface area contributed by atoms with E-state index in [0.29, 0.717) is 19.6 Å². The van der Waals surface area contributed by atoms with Gasteiger partial charge in [0.25, 0.3) is 0 Å². The summed E-state index contributed by atoms with van der Waals surface area (Å²) in [7, 11) is 1.63. The van der Waals surface area contributed by atoms with Crippen LogP contribution in [-0.2, 0) is 14.2 Å². The molecule has 0 amide bonds. The minimum absolute atomic E-state index is 0.168. The summed E-state index contributed by atoms with van der Waals surface area (Å²) in [6, 6.07) is 7.53. The SMILES string of the molecule is COc1ccc([C@@H]2OC[C@H]3OCC[C@@H](O)[C@@H]3O2)cc1. The molecule has 3 rings (SSSR count). The summed E-state index contributed by atoms with van der Waals surface area (Å²) in [4.78, 5) is 0. The van der Waals surface area contributed by atoms with Gasteiger partial charge in [0.2, 0.25) is 0 Å². The normalized spacial score (nSPS) is 34.6. The first kappa shape index (κ1) is 12.9. The number of aliphatic hydroxyl groups excluding tert-OH is 1. The molecule has 4 atom stereocenters. The van der Waals surface area contributed by atoms with Crippen molar-refractivity contribution in [1.29, 1.82) is 0 Å². The summed E-state index contributed by atoms with van der Waals surface area (Å²) < 4.78 is 22.1. The maximum absolute atomic E-state index is 9.97. The molecule has 2 heterocycles. The van der Waals surface area contributed by atoms with Crippen molar-refractivity contribution in [1.82, 2.24) is 0 Å². The van der Waals surface area contributed by atoms with Gasteiger partial charge in [0, 0.05) is 12.2 Å². The second-order valence-corrected chi connectivity index (χ2v) is 4.80. The number of methoxy groups -OCH3 is 1. The zero-order chi connectivity index (χ0) is 13.2. The fourth-order valence-corrected chi connectivity index (χ4v) is 2.47. The summed E-state index contributed by atoms with van der Waals surface area (Å²) in [5.74, 6) is 0.790. The van der Waals surface area contributed by atoms with E-state index in [1.54, 1.807) is 7.11 Å². The third-order valence-electron chi connectivity index (χ3n) is 3.57. The van der Waals surface area contributed by atoms with Gasteiger partial charge in [-0.15, -0.1) is 0 Å². The zero-order valence-electron chi connectivity index (χ0n) is 10.8. The number of rotatable bonds is 2. The van der Waals surface area contributed by atoms with Crippen LogP contribution in [0.25, 0.3) is 0 Å². The molecule has 0 bridgehead atoms. The number of benzene rings is 1. The number of ether oxygens (including phenoxy) is 4. The van der Waals surface area contributed by atoms with E-state index >= 15 is 0 Å². The maximum Gasteiger partial charge on any atom is 0.184 e. The van der Waals surface area contributed by atoms with E-state index in [2.05, 4.69) is 0 Å². The Bertz CT molecular complexity index is 418. The summed E-state index contributed by atoms with van der Waals surface area (Å²) in [5.41, 5.74) is 0.914. The predicted octanol–water partition coefficient (Wildman–Crippen LogP) is 1.26. The van der Waals surface area contributed by atoms with Crippen LogP contribution >= 0.6 is 0 Å². The van der Waals surface area contributed by atoms with Gasteiger partial charge >= 0.3 is 0 Å². The molecule has 2 saturated heterocycles. The first-order valence-corrected chi connectivity index (χ1v) is 6.48. The lowest BCUT2D eigenvalue weighted by molar-refractivity contribution is -0.298. The average molecular weight is 266 g/mol. The lowest BCUT2D eigenvalue weighted by Gasteiger charge is -2.41. The van der Waals surface area contributed by atoms with Crippen molar-refractivity contribution in [2.45, 2.75) is 31.0 Å². The van der Waals surface area contributed by atoms with E-state index in [1.807, 2.05) is 24.3 Å². The molecular weight excluding hydrogens is 248 g/mol. The van der Waals surface area contributed by atoms with E-state index < -0.39 is 12.4 Å². The molecule has 0 radical (unpaired) electrons. The van der Waals surface area contributed by atoms with Gasteiger partial charge in [-0.3, -0.25) is 0 Å². The number of aliphatic hydroxyl groups is 1. The van der Waals surface area contributed by atoms with Gasteiger partial charge in [-0.2, -0.15) is 0 Å². The Morgan fingerprint density at radius 2 is 2.00 bits per heavy atom. The van der Waals surface area contributed by atoms with Gasteiger partial charge < -0.3 is 24.1 Å². The molecule has 1 aromatic rings. The maximum atomic E-state index is 9.97. The Morgan fingerprint density at radius 3 is 2.74 bits per heavy atom. The van der Waals surface area contributed by atoms with Gasteiger partial charge in [0.1, 0.15) is 18.0 Å². The van der Waals surface area contributed by atoms with E-state index in [-0.39, 0.29) is 12.2 Å². The Morgan fingerprint density at radius 1 is 1.21 bits per heavy atom. The quantitative estimate of drug-likeness (QED) is 0.873. The predicted molar refractivity (Wildman–Crippen MR) is 66.9 cm³/mol. The monoisotopic (exact) mass is 266 g/mol. The molecule has 0 aromatic heterocycles. The fourth-order valence-electron chi connectivity index (χ4n) is 2.47. The highest BCUT2D eigenvalue weighted by Crippen LogP contribution is 2.32. The second kappa shape index (κ2) is 5.46. The van der Waals surface area contributed by atoms with E-state index in [9.17, 15) is 5.11 Å². The van der Waals surface area contributed by atoms with Gasteiger partial charge in [-0.25, -0.2) is 0 Å². The Hall–Kier alpha value is -1.14. The van der Waals surface area contributed by atoms with Crippen molar-refractivity contribution in [3.8, 4) is 5.75 Å². The lowest BCUT2D eigenvalue weighted by atomic mass is 10.0. The van der Waals surface area contributed by atoms with Crippen LogP contribution in [0.15, 0.2) is 24.3 Å². The van der Waals surface area contributed by atoms with Crippen molar-refractivity contribution in [3.63, 3.8) is 0 Å². The topological polar surface area (TPSA) is 57.2 Å². The van der Waals surface area contributed by atoms with Crippen LogP contribution < -0.4 is 4.74 Å². The van der Waals surface area contributed by atoms with Crippen molar-refractivity contribution in [3.05, 3.63) is 29.8 Å². The molecule has 2 aliphatic heterocycles. The standard InChI is InChI=1S/C14H18O5/c1-16-10-4-2-9(3-5-10)14-18-8-12-13(19-14)11(15)6-7-17-12/h2-5,11-15H,6-8H2,1H3/t11-,12-,13+,14-/m1/s1. The van der Waals surface area contributed by atoms with Gasteiger partial charge in [0.15, 0.2) is 6.29 Å². The largest absolute Gasteiger partial charge is 0.497 e. The van der Waals surface area contributed by atoms with E-state index in [1.165, 1.54) is 0 Å². The van der Waals surface area contributed by atoms with Gasteiger partial charge in [-0.1, -0.05) is 12.1 Å². The molecule has 0 spiro atoms. The molecule has 2 fully saturated rings. The highest BCUT2D eigenvalue weighted by molar-refractivity contribution is 5.28. The molecule has 0 aliphatic carbocycles. The van der Waals surface area contributed by atoms with Crippen LogP contribution in [0.2, 0.25) is 0 Å². The Balaban J connectivity index is 1.71. The highest BCUT2D eigenvalue weighted by atomic mass is 16.7. The molecule has 19 heavy (non-hydrogen) atoms. The van der Waals surface area contributed by atoms with Crippen LogP contribution in [0, 0.1) is 0 Å². The van der Waals surface area contributed by atoms with Crippen molar-refractivity contribution >= 4 is 0 Å². The molecule has 1 aromatic carbocycles. The summed E-state index contributed by atoms with van der Waals surface area (Å²) >= 11 is 0. The Labute approximate surface area is 112 Å². The molecular formula is C14H18O5. The number of fused-ring (bicyclic) bond motifs is 1. The molecule has 1 N–H and O–H groups in total. The number of hydrogen-bond donors (Lipinski definition) is 1. The second-order valence-electron chi connectivity index (χ2n) is 4.80. The van der Waals surface area contributed by atoms with Crippen LogP contribution in [0.5, 0.6) is 5.75 Å². The minimum atomic E-state index is -0.483. The smallest absolute Gasteiger partial charge is 0.184 e. The van der Waals surface area contributed by atoms with Crippen molar-refractivity contribution < 1.29 is 24.1 Å². The zero-order valence-corrected chi connectivity index (χ0v) is 10.8. The molecule has 2 aliphatic rings. The van der Waals surface area contributed by atoms with Crippen LogP contribution in [-0.4, -0.2) is 43.7 Å². The molecule has 0 unspecified atom stereocenters. The van der Waals surface area contributed by atoms with E-state index in [0.717, 1.165) is 11.3 Å². The number of hydrogen-bond acceptors (Lipinski definition) is 5. The first-order chi connectivity index (χ1) is 9.28. The fraction of sp³-hybridized carbons (Fsp3) is 0.571. The van der Waals surface area contributed by atoms with Crippen molar-refractivity contribution in [2.75, 3.05) is 20.3 Å². The molecule has 104 valence electrons. The van der Waals surface area contributed by atoms with Crippen LogP contribution in [0.4, 0.5) is 0 Å². The molecule has 0 saturated carbocycles. The van der Waals surface area contributed by atoms with Gasteiger partial charge in [0.05, 0.1) is 19.8 Å². The molecule has 5 nitrogen and oxygen atoms in total. The Kier molecular flexibility index (Phi) is 3.70. The van der Waals surface area contributed by atoms with Gasteiger partial charge in [-0.05, 0) is 18.6 Å². The van der Waals surface area contributed by atoms with E-state index in [4.69, 9.17) is 18.9 Å². The minimum Gasteiger partial charge on any atom is -0.497 e. The van der Waals surface area contributed by atoms with Crippen LogP contribution in [0.1, 0.15) is 18.3 Å². The lowest BCUT2D eigenvalue weighted by Crippen LogP contribution is -2.52. The first-order valence-electron chi connectivity index (χ1n) is 6.48. The van der Waals surface area contributed by atoms with Crippen molar-refractivity contribution in [2.24, 2.45) is 0 Å². The summed E-state index contributed by atoms with van der Waals surface area (Å²) in [5, 5.41) is 9.97. The summed E-state index contributed by atoms with van der Waals surface area (Å²) in [6.45, 7) is 1.00. The highest BCUT2D eigenvalue weighted by Gasteiger charge is 2.40. The summed E-state index contributed by atoms with van der Waals surface area (Å²) in [6.07, 6.45) is -0.809.